The van der Waals surface area contributed by atoms with E-state index in [0.29, 0.717) is 31.6 Å². The molecule has 1 aromatic rings. The maximum Gasteiger partial charge on any atom is 0.152 e. The first-order valence-electron chi connectivity index (χ1n) is 6.83. The molecule has 0 atom stereocenters. The Kier molecular flexibility index (Phi) is 4.65. The van der Waals surface area contributed by atoms with Crippen LogP contribution in [0.3, 0.4) is 0 Å². The first-order valence-corrected chi connectivity index (χ1v) is 8.65. The van der Waals surface area contributed by atoms with E-state index in [4.69, 9.17) is 5.21 Å². The second-order valence-electron chi connectivity index (χ2n) is 4.95. The lowest BCUT2D eigenvalue weighted by Crippen LogP contribution is -2.36. The van der Waals surface area contributed by atoms with E-state index in [9.17, 15) is 8.42 Å². The van der Waals surface area contributed by atoms with Gasteiger partial charge in [0.2, 0.25) is 0 Å². The van der Waals surface area contributed by atoms with Gasteiger partial charge in [-0.1, -0.05) is 30.3 Å². The van der Waals surface area contributed by atoms with Crippen molar-refractivity contribution in [3.8, 4) is 0 Å². The summed E-state index contributed by atoms with van der Waals surface area (Å²) in [6, 6.07) is 7.64. The molecule has 0 unspecified atom stereocenters. The molecule has 0 amide bonds. The van der Waals surface area contributed by atoms with E-state index in [1.165, 1.54) is 0 Å². The van der Waals surface area contributed by atoms with Crippen LogP contribution in [0.4, 0.5) is 5.69 Å². The van der Waals surface area contributed by atoms with Crippen LogP contribution in [0.5, 0.6) is 0 Å². The van der Waals surface area contributed by atoms with Gasteiger partial charge in [0.25, 0.3) is 0 Å². The molecule has 0 saturated carbocycles. The molecule has 1 N–H and O–H groups in total. The minimum Gasteiger partial charge on any atom is -0.411 e. The zero-order chi connectivity index (χ0) is 14.6. The number of benzene rings is 1. The number of para-hydroxylation sites is 1. The van der Waals surface area contributed by atoms with Gasteiger partial charge in [0.15, 0.2) is 9.84 Å². The molecular weight excluding hydrogens is 276 g/mol. The molecule has 1 aromatic carbocycles. The van der Waals surface area contributed by atoms with Crippen LogP contribution in [0.15, 0.2) is 29.4 Å². The molecule has 0 aromatic heterocycles. The van der Waals surface area contributed by atoms with Crippen LogP contribution in [0, 0.1) is 0 Å². The largest absolute Gasteiger partial charge is 0.411 e. The van der Waals surface area contributed by atoms with Gasteiger partial charge in [-0.3, -0.25) is 0 Å². The van der Waals surface area contributed by atoms with Gasteiger partial charge in [0.05, 0.1) is 11.5 Å². The van der Waals surface area contributed by atoms with E-state index < -0.39 is 9.84 Å². The Morgan fingerprint density at radius 1 is 1.30 bits per heavy atom. The summed E-state index contributed by atoms with van der Waals surface area (Å²) in [5, 5.41) is 12.4. The molecule has 110 valence electrons. The molecule has 1 aliphatic heterocycles. The number of anilines is 1. The molecule has 0 spiro atoms. The molecule has 1 aliphatic rings. The van der Waals surface area contributed by atoms with E-state index in [1.807, 2.05) is 31.2 Å². The first kappa shape index (κ1) is 14.8. The number of sulfone groups is 1. The normalized spacial score (nSPS) is 17.2. The maximum absolute atomic E-state index is 11.8. The second kappa shape index (κ2) is 6.26. The third-order valence-corrected chi connectivity index (χ3v) is 5.32. The third kappa shape index (κ3) is 3.30. The van der Waals surface area contributed by atoms with Crippen molar-refractivity contribution in [3.05, 3.63) is 29.8 Å². The van der Waals surface area contributed by atoms with Gasteiger partial charge in [-0.15, -0.1) is 0 Å². The van der Waals surface area contributed by atoms with E-state index in [1.54, 1.807) is 0 Å². The molecular formula is C14H20N2O3S. The lowest BCUT2D eigenvalue weighted by Gasteiger charge is -2.31. The van der Waals surface area contributed by atoms with Crippen molar-refractivity contribution in [1.82, 2.24) is 0 Å². The Morgan fingerprint density at radius 2 is 2.05 bits per heavy atom. The smallest absolute Gasteiger partial charge is 0.152 e. The molecule has 0 saturated heterocycles. The number of nitrogens with zero attached hydrogens (tertiary/aromatic N) is 2. The van der Waals surface area contributed by atoms with Crippen LogP contribution in [-0.2, 0) is 9.84 Å². The minimum absolute atomic E-state index is 0.167. The quantitative estimate of drug-likeness (QED) is 0.665. The third-order valence-electron chi connectivity index (χ3n) is 3.48. The zero-order valence-corrected chi connectivity index (χ0v) is 12.4. The predicted octanol–water partition coefficient (Wildman–Crippen LogP) is 1.90. The Hall–Kier alpha value is -1.56. The molecule has 5 nitrogen and oxygen atoms in total. The molecule has 0 bridgehead atoms. The monoisotopic (exact) mass is 296 g/mol. The number of hydrogen-bond acceptors (Lipinski definition) is 5. The highest BCUT2D eigenvalue weighted by Gasteiger charge is 2.22. The summed E-state index contributed by atoms with van der Waals surface area (Å²) in [7, 11) is -2.97. The van der Waals surface area contributed by atoms with E-state index >= 15 is 0 Å². The molecule has 0 aliphatic carbocycles. The van der Waals surface area contributed by atoms with Crippen LogP contribution in [-0.4, -0.2) is 43.9 Å². The number of oxime groups is 1. The number of rotatable bonds is 5. The van der Waals surface area contributed by atoms with Crippen LogP contribution in [0.2, 0.25) is 0 Å². The second-order valence-corrected chi connectivity index (χ2v) is 7.26. The highest BCUT2D eigenvalue weighted by Crippen LogP contribution is 2.27. The van der Waals surface area contributed by atoms with E-state index in [2.05, 4.69) is 10.1 Å². The number of fused-ring (bicyclic) bond motifs is 1. The zero-order valence-electron chi connectivity index (χ0n) is 11.6. The summed E-state index contributed by atoms with van der Waals surface area (Å²) in [5.41, 5.74) is 2.49. The highest BCUT2D eigenvalue weighted by molar-refractivity contribution is 7.91. The summed E-state index contributed by atoms with van der Waals surface area (Å²) in [6.07, 6.45) is 1.28. The Labute approximate surface area is 119 Å². The Balaban J connectivity index is 2.15. The summed E-state index contributed by atoms with van der Waals surface area (Å²) in [4.78, 5) is 2.05. The van der Waals surface area contributed by atoms with Crippen LogP contribution >= 0.6 is 0 Å². The molecule has 20 heavy (non-hydrogen) atoms. The average Bonchev–Trinajstić information content (AvgIpc) is 2.44. The van der Waals surface area contributed by atoms with Gasteiger partial charge >= 0.3 is 0 Å². The Bertz CT molecular complexity index is 596. The van der Waals surface area contributed by atoms with Gasteiger partial charge < -0.3 is 10.1 Å². The van der Waals surface area contributed by atoms with E-state index in [-0.39, 0.29) is 11.5 Å². The molecule has 2 rings (SSSR count). The van der Waals surface area contributed by atoms with Crippen molar-refractivity contribution in [2.45, 2.75) is 19.8 Å². The lowest BCUT2D eigenvalue weighted by molar-refractivity contribution is 0.318. The lowest BCUT2D eigenvalue weighted by atomic mass is 10.00. The fraction of sp³-hybridized carbons (Fsp3) is 0.500. The maximum atomic E-state index is 11.8. The fourth-order valence-corrected chi connectivity index (χ4v) is 3.81. The van der Waals surface area contributed by atoms with Crippen molar-refractivity contribution in [3.63, 3.8) is 0 Å². The highest BCUT2D eigenvalue weighted by atomic mass is 32.2. The van der Waals surface area contributed by atoms with Gasteiger partial charge in [-0.2, -0.15) is 0 Å². The van der Waals surface area contributed by atoms with Crippen LogP contribution < -0.4 is 4.90 Å². The first-order chi connectivity index (χ1) is 9.57. The SMILES string of the molecule is CCCS(=O)(=O)CCN1CC/C(=N/O)c2ccccc21. The Morgan fingerprint density at radius 3 is 2.75 bits per heavy atom. The van der Waals surface area contributed by atoms with Crippen molar-refractivity contribution < 1.29 is 13.6 Å². The van der Waals surface area contributed by atoms with Crippen molar-refractivity contribution >= 4 is 21.2 Å². The summed E-state index contributed by atoms with van der Waals surface area (Å²) >= 11 is 0. The average molecular weight is 296 g/mol. The van der Waals surface area contributed by atoms with E-state index in [0.717, 1.165) is 11.3 Å². The summed E-state index contributed by atoms with van der Waals surface area (Å²) in [5.74, 6) is 0.409. The topological polar surface area (TPSA) is 70.0 Å². The number of hydrogen-bond donors (Lipinski definition) is 1. The molecule has 0 radical (unpaired) electrons. The van der Waals surface area contributed by atoms with Gasteiger partial charge in [-0.05, 0) is 12.5 Å². The van der Waals surface area contributed by atoms with Gasteiger partial charge in [-0.25, -0.2) is 8.42 Å². The van der Waals surface area contributed by atoms with Crippen LogP contribution in [0.1, 0.15) is 25.3 Å². The fourth-order valence-electron chi connectivity index (χ4n) is 2.49. The van der Waals surface area contributed by atoms with Crippen LogP contribution in [0.25, 0.3) is 0 Å². The van der Waals surface area contributed by atoms with Gasteiger partial charge in [0, 0.05) is 36.5 Å². The summed E-state index contributed by atoms with van der Waals surface area (Å²) in [6.45, 7) is 3.04. The molecule has 6 heteroatoms. The molecule has 0 fully saturated rings. The standard InChI is InChI=1S/C14H20N2O3S/c1-2-10-20(18,19)11-9-16-8-7-13(15-17)12-5-3-4-6-14(12)16/h3-6,17H,2,7-11H2,1H3/b15-13-. The minimum atomic E-state index is -2.97. The molecule has 1 heterocycles. The van der Waals surface area contributed by atoms with Crippen molar-refractivity contribution in [2.75, 3.05) is 29.5 Å². The predicted molar refractivity (Wildman–Crippen MR) is 80.5 cm³/mol. The van der Waals surface area contributed by atoms with Crippen molar-refractivity contribution in [1.29, 1.82) is 0 Å². The summed E-state index contributed by atoms with van der Waals surface area (Å²) < 4.78 is 23.6. The van der Waals surface area contributed by atoms with Gasteiger partial charge in [0.1, 0.15) is 0 Å². The van der Waals surface area contributed by atoms with Crippen molar-refractivity contribution in [2.24, 2.45) is 5.16 Å².